The average molecular weight is 240 g/mol. The molecule has 1 rings (SSSR count). The first kappa shape index (κ1) is 13.2. The Balaban J connectivity index is 2.08. The molecule has 0 saturated heterocycles. The Labute approximate surface area is 101 Å². The van der Waals surface area contributed by atoms with Crippen LogP contribution in [0.3, 0.4) is 0 Å². The molecule has 0 atom stereocenters. The molecule has 2 N–H and O–H groups in total. The number of carbonyl (C=O) groups is 1. The fraction of sp³-hybridized carbons (Fsp3) is 0.583. The van der Waals surface area contributed by atoms with Crippen LogP contribution in [-0.2, 0) is 11.2 Å². The van der Waals surface area contributed by atoms with Gasteiger partial charge >= 0.3 is 0 Å². The lowest BCUT2D eigenvalue weighted by molar-refractivity contribution is -0.121. The van der Waals surface area contributed by atoms with Gasteiger partial charge in [0.15, 0.2) is 0 Å². The second kappa shape index (κ2) is 7.41. The van der Waals surface area contributed by atoms with E-state index in [9.17, 15) is 4.79 Å². The maximum Gasteiger partial charge on any atom is 0.220 e. The molecule has 1 aromatic heterocycles. The summed E-state index contributed by atoms with van der Waals surface area (Å²) in [6, 6.07) is 4.28. The van der Waals surface area contributed by atoms with Crippen molar-refractivity contribution < 1.29 is 4.79 Å². The summed E-state index contributed by atoms with van der Waals surface area (Å²) in [6.45, 7) is 3.65. The Morgan fingerprint density at radius 2 is 2.19 bits per heavy atom. The third-order valence-electron chi connectivity index (χ3n) is 2.32. The van der Waals surface area contributed by atoms with Crippen LogP contribution in [0.2, 0.25) is 0 Å². The van der Waals surface area contributed by atoms with Gasteiger partial charge in [-0.2, -0.15) is 0 Å². The lowest BCUT2D eigenvalue weighted by atomic mass is 10.2. The number of nitrogens with one attached hydrogen (secondary N) is 2. The first-order valence-electron chi connectivity index (χ1n) is 5.69. The molecule has 0 aliphatic carbocycles. The van der Waals surface area contributed by atoms with Gasteiger partial charge < -0.3 is 10.6 Å². The lowest BCUT2D eigenvalue weighted by Gasteiger charge is -2.03. The van der Waals surface area contributed by atoms with E-state index in [0.29, 0.717) is 13.0 Å². The molecule has 4 heteroatoms. The molecule has 0 spiro atoms. The summed E-state index contributed by atoms with van der Waals surface area (Å²) in [4.78, 5) is 14.1. The number of hydrogen-bond donors (Lipinski definition) is 2. The van der Waals surface area contributed by atoms with Gasteiger partial charge in [-0.3, -0.25) is 4.79 Å². The Hall–Kier alpha value is -0.870. The van der Waals surface area contributed by atoms with Crippen molar-refractivity contribution in [3.05, 3.63) is 21.9 Å². The Morgan fingerprint density at radius 1 is 1.38 bits per heavy atom. The molecule has 1 amide bonds. The lowest BCUT2D eigenvalue weighted by Crippen LogP contribution is -2.30. The van der Waals surface area contributed by atoms with E-state index >= 15 is 0 Å². The van der Waals surface area contributed by atoms with Crippen molar-refractivity contribution in [1.82, 2.24) is 10.6 Å². The highest BCUT2D eigenvalue weighted by molar-refractivity contribution is 7.11. The minimum absolute atomic E-state index is 0.156. The molecule has 16 heavy (non-hydrogen) atoms. The zero-order chi connectivity index (χ0) is 11.8. The van der Waals surface area contributed by atoms with Gasteiger partial charge in [-0.1, -0.05) is 0 Å². The van der Waals surface area contributed by atoms with Crippen LogP contribution in [0, 0.1) is 6.92 Å². The molecular weight excluding hydrogens is 220 g/mol. The third-order valence-corrected chi connectivity index (χ3v) is 3.38. The largest absolute Gasteiger partial charge is 0.355 e. The van der Waals surface area contributed by atoms with Crippen molar-refractivity contribution in [3.63, 3.8) is 0 Å². The quantitative estimate of drug-likeness (QED) is 0.712. The number of rotatable bonds is 7. The number of hydrogen-bond acceptors (Lipinski definition) is 3. The van der Waals surface area contributed by atoms with Crippen LogP contribution in [0.15, 0.2) is 12.1 Å². The normalized spacial score (nSPS) is 10.4. The van der Waals surface area contributed by atoms with Gasteiger partial charge in [0.05, 0.1) is 0 Å². The molecule has 1 heterocycles. The van der Waals surface area contributed by atoms with Crippen LogP contribution in [0.25, 0.3) is 0 Å². The van der Waals surface area contributed by atoms with Gasteiger partial charge in [-0.15, -0.1) is 11.3 Å². The van der Waals surface area contributed by atoms with Gasteiger partial charge in [0.1, 0.15) is 0 Å². The van der Waals surface area contributed by atoms with Crippen molar-refractivity contribution in [2.75, 3.05) is 20.1 Å². The molecule has 0 aliphatic heterocycles. The first-order valence-corrected chi connectivity index (χ1v) is 6.50. The molecule has 0 aromatic carbocycles. The van der Waals surface area contributed by atoms with E-state index < -0.39 is 0 Å². The molecule has 1 aromatic rings. The molecule has 3 nitrogen and oxygen atoms in total. The van der Waals surface area contributed by atoms with Crippen molar-refractivity contribution in [2.24, 2.45) is 0 Å². The van der Waals surface area contributed by atoms with Crippen molar-refractivity contribution in [1.29, 1.82) is 0 Å². The van der Waals surface area contributed by atoms with E-state index in [0.717, 1.165) is 19.4 Å². The standard InChI is InChI=1S/C12H20N2OS/c1-10-6-7-11(16-10)4-3-5-12(15)14-9-8-13-2/h6-7,13H,3-5,8-9H2,1-2H3,(H,14,15). The fourth-order valence-electron chi connectivity index (χ4n) is 1.46. The summed E-state index contributed by atoms with van der Waals surface area (Å²) in [5.41, 5.74) is 0. The van der Waals surface area contributed by atoms with Crippen molar-refractivity contribution >= 4 is 17.2 Å². The zero-order valence-electron chi connectivity index (χ0n) is 10.0. The second-order valence-corrected chi connectivity index (χ2v) is 5.19. The molecule has 0 aliphatic rings. The highest BCUT2D eigenvalue weighted by atomic mass is 32.1. The smallest absolute Gasteiger partial charge is 0.220 e. The van der Waals surface area contributed by atoms with Crippen molar-refractivity contribution in [2.45, 2.75) is 26.2 Å². The van der Waals surface area contributed by atoms with Gasteiger partial charge in [-0.25, -0.2) is 0 Å². The van der Waals surface area contributed by atoms with Crippen LogP contribution in [0.1, 0.15) is 22.6 Å². The minimum atomic E-state index is 0.156. The van der Waals surface area contributed by atoms with Crippen LogP contribution in [-0.4, -0.2) is 26.0 Å². The minimum Gasteiger partial charge on any atom is -0.355 e. The van der Waals surface area contributed by atoms with Crippen LogP contribution in [0.4, 0.5) is 0 Å². The summed E-state index contributed by atoms with van der Waals surface area (Å²) in [5, 5.41) is 5.87. The molecule has 90 valence electrons. The predicted octanol–water partition coefficient (Wildman–Crippen LogP) is 1.71. The SMILES string of the molecule is CNCCNC(=O)CCCc1ccc(C)s1. The van der Waals surface area contributed by atoms with E-state index in [1.54, 1.807) is 0 Å². The Kier molecular flexibility index (Phi) is 6.11. The van der Waals surface area contributed by atoms with E-state index in [4.69, 9.17) is 0 Å². The van der Waals surface area contributed by atoms with Gasteiger partial charge in [0.2, 0.25) is 5.91 Å². The number of likely N-dealkylation sites (N-methyl/N-ethyl adjacent to an activating group) is 1. The highest BCUT2D eigenvalue weighted by Crippen LogP contribution is 2.17. The summed E-state index contributed by atoms with van der Waals surface area (Å²) < 4.78 is 0. The molecule has 0 bridgehead atoms. The predicted molar refractivity (Wildman–Crippen MR) is 68.9 cm³/mol. The molecule has 0 radical (unpaired) electrons. The Bertz CT molecular complexity index is 323. The van der Waals surface area contributed by atoms with Gasteiger partial charge in [-0.05, 0) is 38.9 Å². The number of aryl methyl sites for hydroxylation is 2. The molecular formula is C12H20N2OS. The van der Waals surface area contributed by atoms with Gasteiger partial charge in [0, 0.05) is 29.3 Å². The van der Waals surface area contributed by atoms with Crippen LogP contribution < -0.4 is 10.6 Å². The van der Waals surface area contributed by atoms with Crippen LogP contribution >= 0.6 is 11.3 Å². The first-order chi connectivity index (χ1) is 7.72. The molecule has 0 fully saturated rings. The number of carbonyl (C=O) groups excluding carboxylic acids is 1. The van der Waals surface area contributed by atoms with E-state index in [1.165, 1.54) is 9.75 Å². The average Bonchev–Trinajstić information content (AvgIpc) is 2.65. The van der Waals surface area contributed by atoms with Crippen LogP contribution in [0.5, 0.6) is 0 Å². The third kappa shape index (κ3) is 5.28. The van der Waals surface area contributed by atoms with Gasteiger partial charge in [0.25, 0.3) is 0 Å². The monoisotopic (exact) mass is 240 g/mol. The maximum atomic E-state index is 11.4. The second-order valence-electron chi connectivity index (χ2n) is 3.82. The van der Waals surface area contributed by atoms with E-state index in [-0.39, 0.29) is 5.91 Å². The maximum absolute atomic E-state index is 11.4. The summed E-state index contributed by atoms with van der Waals surface area (Å²) >= 11 is 1.82. The molecule has 0 saturated carbocycles. The zero-order valence-corrected chi connectivity index (χ0v) is 10.8. The van der Waals surface area contributed by atoms with E-state index in [1.807, 2.05) is 18.4 Å². The number of thiophene rings is 1. The molecule has 0 unspecified atom stereocenters. The Morgan fingerprint density at radius 3 is 2.81 bits per heavy atom. The summed E-state index contributed by atoms with van der Waals surface area (Å²) in [7, 11) is 1.88. The summed E-state index contributed by atoms with van der Waals surface area (Å²) in [6.07, 6.45) is 2.57. The number of amides is 1. The fourth-order valence-corrected chi connectivity index (χ4v) is 2.39. The topological polar surface area (TPSA) is 41.1 Å². The van der Waals surface area contributed by atoms with Crippen molar-refractivity contribution in [3.8, 4) is 0 Å². The summed E-state index contributed by atoms with van der Waals surface area (Å²) in [5.74, 6) is 0.156. The highest BCUT2D eigenvalue weighted by Gasteiger charge is 2.01. The van der Waals surface area contributed by atoms with E-state index in [2.05, 4.69) is 29.7 Å².